The van der Waals surface area contributed by atoms with Crippen molar-refractivity contribution in [1.82, 2.24) is 5.32 Å². The van der Waals surface area contributed by atoms with E-state index in [1.807, 2.05) is 61.5 Å². The summed E-state index contributed by atoms with van der Waals surface area (Å²) >= 11 is 0. The van der Waals surface area contributed by atoms with Gasteiger partial charge < -0.3 is 30.3 Å². The van der Waals surface area contributed by atoms with E-state index in [1.54, 1.807) is 19.2 Å². The minimum absolute atomic E-state index is 0.233. The molecule has 3 aromatic carbocycles. The summed E-state index contributed by atoms with van der Waals surface area (Å²) in [6.07, 6.45) is 0. The predicted octanol–water partition coefficient (Wildman–Crippen LogP) is 4.41. The van der Waals surface area contributed by atoms with Crippen molar-refractivity contribution in [2.75, 3.05) is 48.9 Å². The highest BCUT2D eigenvalue weighted by molar-refractivity contribution is 6.04. The second kappa shape index (κ2) is 11.4. The van der Waals surface area contributed by atoms with E-state index >= 15 is 0 Å². The van der Waals surface area contributed by atoms with E-state index in [2.05, 4.69) is 20.9 Å². The zero-order valence-electron chi connectivity index (χ0n) is 20.0. The van der Waals surface area contributed by atoms with Gasteiger partial charge in [0.25, 0.3) is 5.91 Å². The summed E-state index contributed by atoms with van der Waals surface area (Å²) in [4.78, 5) is 27.8. The van der Waals surface area contributed by atoms with Crippen LogP contribution in [-0.2, 0) is 11.3 Å². The molecule has 0 aliphatic carbocycles. The van der Waals surface area contributed by atoms with Gasteiger partial charge in [0, 0.05) is 30.9 Å². The van der Waals surface area contributed by atoms with Crippen molar-refractivity contribution in [3.8, 4) is 5.75 Å². The first-order valence-electron chi connectivity index (χ1n) is 11.5. The van der Waals surface area contributed by atoms with Crippen LogP contribution in [0.4, 0.5) is 21.9 Å². The molecule has 8 heteroatoms. The maximum Gasteiger partial charge on any atom is 0.323 e. The third kappa shape index (κ3) is 6.51. The molecule has 4 rings (SSSR count). The molecule has 0 saturated carbocycles. The van der Waals surface area contributed by atoms with Crippen LogP contribution in [0.5, 0.6) is 5.75 Å². The number of hydrogen-bond donors (Lipinski definition) is 3. The Labute approximate surface area is 205 Å². The first-order chi connectivity index (χ1) is 17.0. The minimum Gasteiger partial charge on any atom is -0.497 e. The lowest BCUT2D eigenvalue weighted by Crippen LogP contribution is -2.37. The molecule has 1 heterocycles. The number of nitrogens with one attached hydrogen (secondary N) is 3. The van der Waals surface area contributed by atoms with Crippen LogP contribution in [0.1, 0.15) is 21.5 Å². The summed E-state index contributed by atoms with van der Waals surface area (Å²) < 4.78 is 10.7. The predicted molar refractivity (Wildman–Crippen MR) is 137 cm³/mol. The Kier molecular flexibility index (Phi) is 7.84. The molecule has 8 nitrogen and oxygen atoms in total. The first-order valence-corrected chi connectivity index (χ1v) is 11.5. The molecule has 1 saturated heterocycles. The Balaban J connectivity index is 1.50. The van der Waals surface area contributed by atoms with Crippen LogP contribution in [0.2, 0.25) is 0 Å². The van der Waals surface area contributed by atoms with Gasteiger partial charge in [0.2, 0.25) is 0 Å². The fourth-order valence-electron chi connectivity index (χ4n) is 3.85. The Morgan fingerprint density at radius 2 is 1.74 bits per heavy atom. The molecule has 3 N–H and O–H groups in total. The van der Waals surface area contributed by atoms with Crippen molar-refractivity contribution < 1.29 is 19.1 Å². The third-order valence-corrected chi connectivity index (χ3v) is 5.76. The Morgan fingerprint density at radius 1 is 0.971 bits per heavy atom. The average Bonchev–Trinajstić information content (AvgIpc) is 2.89. The molecule has 1 aliphatic rings. The number of benzene rings is 3. The van der Waals surface area contributed by atoms with Gasteiger partial charge in [-0.2, -0.15) is 0 Å². The normalized spacial score (nSPS) is 13.1. The van der Waals surface area contributed by atoms with Crippen LogP contribution in [0.15, 0.2) is 66.7 Å². The lowest BCUT2D eigenvalue weighted by atomic mass is 10.1. The van der Waals surface area contributed by atoms with E-state index in [4.69, 9.17) is 9.47 Å². The summed E-state index contributed by atoms with van der Waals surface area (Å²) in [6, 6.07) is 20.1. The van der Waals surface area contributed by atoms with Gasteiger partial charge in [-0.3, -0.25) is 4.79 Å². The van der Waals surface area contributed by atoms with Crippen molar-refractivity contribution >= 4 is 29.0 Å². The summed E-state index contributed by atoms with van der Waals surface area (Å²) in [7, 11) is 1.61. The highest BCUT2D eigenvalue weighted by atomic mass is 16.5. The smallest absolute Gasteiger partial charge is 0.323 e. The second-order valence-electron chi connectivity index (χ2n) is 8.31. The zero-order valence-corrected chi connectivity index (χ0v) is 20.0. The number of carbonyl (C=O) groups excluding carboxylic acids is 2. The number of urea groups is 1. The number of aryl methyl sites for hydroxylation is 1. The number of hydrogen-bond acceptors (Lipinski definition) is 5. The molecule has 0 aromatic heterocycles. The zero-order chi connectivity index (χ0) is 24.6. The summed E-state index contributed by atoms with van der Waals surface area (Å²) in [5, 5.41) is 8.71. The molecule has 3 amide bonds. The van der Waals surface area contributed by atoms with Gasteiger partial charge in [-0.05, 0) is 55.0 Å². The summed E-state index contributed by atoms with van der Waals surface area (Å²) in [5.74, 6) is 0.501. The van der Waals surface area contributed by atoms with Crippen LogP contribution >= 0.6 is 0 Å². The van der Waals surface area contributed by atoms with Crippen LogP contribution < -0.4 is 25.6 Å². The first kappa shape index (κ1) is 24.1. The van der Waals surface area contributed by atoms with E-state index in [9.17, 15) is 9.59 Å². The van der Waals surface area contributed by atoms with Gasteiger partial charge in [0.15, 0.2) is 0 Å². The number of amides is 3. The topological polar surface area (TPSA) is 91.9 Å². The molecule has 1 fully saturated rings. The van der Waals surface area contributed by atoms with E-state index in [-0.39, 0.29) is 11.9 Å². The molecule has 35 heavy (non-hydrogen) atoms. The highest BCUT2D eigenvalue weighted by Gasteiger charge is 2.18. The number of ether oxygens (including phenoxy) is 2. The number of anilines is 3. The largest absolute Gasteiger partial charge is 0.497 e. The van der Waals surface area contributed by atoms with Crippen molar-refractivity contribution in [1.29, 1.82) is 0 Å². The van der Waals surface area contributed by atoms with Crippen molar-refractivity contribution in [2.24, 2.45) is 0 Å². The number of rotatable bonds is 7. The number of methoxy groups -OCH3 is 1. The van der Waals surface area contributed by atoms with Crippen LogP contribution in [0, 0.1) is 6.92 Å². The highest BCUT2D eigenvalue weighted by Crippen LogP contribution is 2.28. The van der Waals surface area contributed by atoms with Crippen LogP contribution in [0.3, 0.4) is 0 Å². The van der Waals surface area contributed by atoms with E-state index in [0.717, 1.165) is 22.6 Å². The molecule has 1 aliphatic heterocycles. The van der Waals surface area contributed by atoms with Gasteiger partial charge >= 0.3 is 6.03 Å². The molecule has 0 spiro atoms. The summed E-state index contributed by atoms with van der Waals surface area (Å²) in [5.41, 5.74) is 4.59. The Hall–Kier alpha value is -4.04. The lowest BCUT2D eigenvalue weighted by molar-refractivity contribution is 0.0950. The van der Waals surface area contributed by atoms with Gasteiger partial charge in [0.05, 0.1) is 31.7 Å². The molecular formula is C27H30N4O4. The van der Waals surface area contributed by atoms with E-state index < -0.39 is 0 Å². The standard InChI is InChI=1S/C27H30N4O4/c1-19-6-9-22(10-7-19)29-27(33)30-24-17-21(8-11-25(24)31-12-14-35-15-13-31)26(32)28-18-20-4-3-5-23(16-20)34-2/h3-11,16-17H,12-15,18H2,1-2H3,(H,28,32)(H2,29,30,33). The molecule has 0 radical (unpaired) electrons. The second-order valence-corrected chi connectivity index (χ2v) is 8.31. The minimum atomic E-state index is -0.377. The van der Waals surface area contributed by atoms with E-state index in [0.29, 0.717) is 49.8 Å². The average molecular weight is 475 g/mol. The van der Waals surface area contributed by atoms with Gasteiger partial charge in [0.1, 0.15) is 5.75 Å². The Bertz CT molecular complexity index is 1170. The SMILES string of the molecule is COc1cccc(CNC(=O)c2ccc(N3CCOCC3)c(NC(=O)Nc3ccc(C)cc3)c2)c1. The maximum absolute atomic E-state index is 12.9. The van der Waals surface area contributed by atoms with Crippen molar-refractivity contribution in [2.45, 2.75) is 13.5 Å². The van der Waals surface area contributed by atoms with Gasteiger partial charge in [-0.25, -0.2) is 4.79 Å². The Morgan fingerprint density at radius 3 is 2.49 bits per heavy atom. The monoisotopic (exact) mass is 474 g/mol. The van der Waals surface area contributed by atoms with Gasteiger partial charge in [-0.15, -0.1) is 0 Å². The molecule has 0 atom stereocenters. The fourth-order valence-corrected chi connectivity index (χ4v) is 3.85. The quantitative estimate of drug-likeness (QED) is 0.472. The van der Waals surface area contributed by atoms with Crippen LogP contribution in [0.25, 0.3) is 0 Å². The maximum atomic E-state index is 12.9. The molecule has 182 valence electrons. The van der Waals surface area contributed by atoms with Crippen molar-refractivity contribution in [3.05, 3.63) is 83.4 Å². The molecular weight excluding hydrogens is 444 g/mol. The van der Waals surface area contributed by atoms with Crippen molar-refractivity contribution in [3.63, 3.8) is 0 Å². The fraction of sp³-hybridized carbons (Fsp3) is 0.259. The number of morpholine rings is 1. The molecule has 0 unspecified atom stereocenters. The lowest BCUT2D eigenvalue weighted by Gasteiger charge is -2.30. The third-order valence-electron chi connectivity index (χ3n) is 5.76. The van der Waals surface area contributed by atoms with Crippen LogP contribution in [-0.4, -0.2) is 45.4 Å². The van der Waals surface area contributed by atoms with Gasteiger partial charge in [-0.1, -0.05) is 29.8 Å². The molecule has 3 aromatic rings. The summed E-state index contributed by atoms with van der Waals surface area (Å²) in [6.45, 7) is 4.97. The number of nitrogens with zero attached hydrogens (tertiary/aromatic N) is 1. The van der Waals surface area contributed by atoms with E-state index in [1.165, 1.54) is 0 Å². The molecule has 0 bridgehead atoms. The number of carbonyl (C=O) groups is 2.